The zero-order valence-corrected chi connectivity index (χ0v) is 10.8. The van der Waals surface area contributed by atoms with Crippen LogP contribution in [0, 0.1) is 5.92 Å². The van der Waals surface area contributed by atoms with Crippen LogP contribution in [0.5, 0.6) is 0 Å². The lowest BCUT2D eigenvalue weighted by atomic mass is 9.84. The Morgan fingerprint density at radius 2 is 2.22 bits per heavy atom. The van der Waals surface area contributed by atoms with Crippen molar-refractivity contribution >= 4 is 5.97 Å². The second-order valence-corrected chi connectivity index (χ2v) is 5.62. The topological polar surface area (TPSA) is 50.2 Å². The SMILES string of the molecule is CCC1CCc2nc(C3CC3)c(C(=O)O)cc2C1. The summed E-state index contributed by atoms with van der Waals surface area (Å²) < 4.78 is 0. The van der Waals surface area contributed by atoms with Crippen LogP contribution < -0.4 is 0 Å². The molecule has 1 atom stereocenters. The normalized spacial score (nSPS) is 22.6. The first-order valence-electron chi connectivity index (χ1n) is 6.95. The van der Waals surface area contributed by atoms with Crippen molar-refractivity contribution in [2.75, 3.05) is 0 Å². The summed E-state index contributed by atoms with van der Waals surface area (Å²) >= 11 is 0. The minimum absolute atomic E-state index is 0.408. The summed E-state index contributed by atoms with van der Waals surface area (Å²) in [5.41, 5.74) is 3.63. The van der Waals surface area contributed by atoms with Crippen LogP contribution in [0.1, 0.15) is 65.8 Å². The highest BCUT2D eigenvalue weighted by Gasteiger charge is 2.31. The second kappa shape index (κ2) is 4.38. The maximum atomic E-state index is 11.4. The fourth-order valence-corrected chi connectivity index (χ4v) is 2.94. The molecule has 1 aromatic heterocycles. The van der Waals surface area contributed by atoms with Crippen LogP contribution in [-0.4, -0.2) is 16.1 Å². The molecule has 3 heteroatoms. The molecular formula is C15H19NO2. The summed E-state index contributed by atoms with van der Waals surface area (Å²) in [6.07, 6.45) is 6.60. The largest absolute Gasteiger partial charge is 0.478 e. The Labute approximate surface area is 107 Å². The zero-order chi connectivity index (χ0) is 12.7. The average molecular weight is 245 g/mol. The Morgan fingerprint density at radius 3 is 2.83 bits per heavy atom. The van der Waals surface area contributed by atoms with Gasteiger partial charge in [0.15, 0.2) is 0 Å². The highest BCUT2D eigenvalue weighted by atomic mass is 16.4. The molecule has 3 nitrogen and oxygen atoms in total. The van der Waals surface area contributed by atoms with E-state index >= 15 is 0 Å². The lowest BCUT2D eigenvalue weighted by Gasteiger charge is -2.24. The van der Waals surface area contributed by atoms with Gasteiger partial charge in [-0.05, 0) is 49.7 Å². The average Bonchev–Trinajstić information content (AvgIpc) is 3.20. The van der Waals surface area contributed by atoms with Gasteiger partial charge in [0.05, 0.1) is 11.3 Å². The van der Waals surface area contributed by atoms with Crippen LogP contribution in [-0.2, 0) is 12.8 Å². The monoisotopic (exact) mass is 245 g/mol. The van der Waals surface area contributed by atoms with Gasteiger partial charge in [-0.15, -0.1) is 0 Å². The Morgan fingerprint density at radius 1 is 1.44 bits per heavy atom. The van der Waals surface area contributed by atoms with E-state index in [1.165, 1.54) is 18.4 Å². The van der Waals surface area contributed by atoms with Crippen molar-refractivity contribution in [3.05, 3.63) is 28.6 Å². The highest BCUT2D eigenvalue weighted by Crippen LogP contribution is 2.42. The predicted molar refractivity (Wildman–Crippen MR) is 69.0 cm³/mol. The summed E-state index contributed by atoms with van der Waals surface area (Å²) in [4.78, 5) is 16.0. The molecule has 1 unspecified atom stereocenters. The predicted octanol–water partition coefficient (Wildman–Crippen LogP) is 3.17. The van der Waals surface area contributed by atoms with Gasteiger partial charge >= 0.3 is 5.97 Å². The van der Waals surface area contributed by atoms with E-state index in [1.54, 1.807) is 0 Å². The van der Waals surface area contributed by atoms with Gasteiger partial charge in [0.25, 0.3) is 0 Å². The summed E-state index contributed by atoms with van der Waals surface area (Å²) in [5, 5.41) is 9.33. The minimum Gasteiger partial charge on any atom is -0.478 e. The molecule has 0 amide bonds. The Hall–Kier alpha value is -1.38. The van der Waals surface area contributed by atoms with Crippen LogP contribution in [0.4, 0.5) is 0 Å². The minimum atomic E-state index is -0.814. The molecule has 3 rings (SSSR count). The molecule has 1 heterocycles. The van der Waals surface area contributed by atoms with E-state index in [4.69, 9.17) is 0 Å². The Bertz CT molecular complexity index is 492. The van der Waals surface area contributed by atoms with Gasteiger partial charge in [0.2, 0.25) is 0 Å². The quantitative estimate of drug-likeness (QED) is 0.889. The summed E-state index contributed by atoms with van der Waals surface area (Å²) in [5.74, 6) is 0.295. The van der Waals surface area contributed by atoms with E-state index in [0.29, 0.717) is 17.4 Å². The maximum Gasteiger partial charge on any atom is 0.337 e. The molecule has 0 aromatic carbocycles. The van der Waals surface area contributed by atoms with Crippen molar-refractivity contribution in [1.29, 1.82) is 0 Å². The molecule has 0 saturated heterocycles. The number of nitrogens with zero attached hydrogens (tertiary/aromatic N) is 1. The van der Waals surface area contributed by atoms with Crippen molar-refractivity contribution in [2.45, 2.75) is 51.4 Å². The molecule has 2 aliphatic carbocycles. The lowest BCUT2D eigenvalue weighted by molar-refractivity contribution is 0.0694. The van der Waals surface area contributed by atoms with Gasteiger partial charge < -0.3 is 5.11 Å². The summed E-state index contributed by atoms with van der Waals surface area (Å²) in [6, 6.07) is 1.90. The third-order valence-electron chi connectivity index (χ3n) is 4.29. The lowest BCUT2D eigenvalue weighted by Crippen LogP contribution is -2.18. The molecule has 1 N–H and O–H groups in total. The van der Waals surface area contributed by atoms with E-state index < -0.39 is 5.97 Å². The molecular weight excluding hydrogens is 226 g/mol. The molecule has 0 spiro atoms. The van der Waals surface area contributed by atoms with Crippen LogP contribution in [0.15, 0.2) is 6.07 Å². The van der Waals surface area contributed by atoms with Gasteiger partial charge in [-0.2, -0.15) is 0 Å². The number of hydrogen-bond acceptors (Lipinski definition) is 2. The number of hydrogen-bond donors (Lipinski definition) is 1. The van der Waals surface area contributed by atoms with E-state index in [0.717, 1.165) is 37.1 Å². The van der Waals surface area contributed by atoms with Crippen LogP contribution >= 0.6 is 0 Å². The number of rotatable bonds is 3. The van der Waals surface area contributed by atoms with Gasteiger partial charge in [-0.1, -0.05) is 13.3 Å². The molecule has 96 valence electrons. The Kier molecular flexibility index (Phi) is 2.84. The van der Waals surface area contributed by atoms with Crippen LogP contribution in [0.3, 0.4) is 0 Å². The van der Waals surface area contributed by atoms with Gasteiger partial charge in [-0.25, -0.2) is 4.79 Å². The van der Waals surface area contributed by atoms with E-state index in [9.17, 15) is 9.90 Å². The number of carbonyl (C=O) groups is 1. The summed E-state index contributed by atoms with van der Waals surface area (Å²) in [7, 11) is 0. The standard InChI is InChI=1S/C15H19NO2/c1-2-9-3-6-13-11(7-9)8-12(15(17)18)14(16-13)10-4-5-10/h8-10H,2-7H2,1H3,(H,17,18). The molecule has 1 fully saturated rings. The van der Waals surface area contributed by atoms with E-state index in [1.807, 2.05) is 6.07 Å². The summed E-state index contributed by atoms with van der Waals surface area (Å²) in [6.45, 7) is 2.21. The first-order chi connectivity index (χ1) is 8.69. The number of fused-ring (bicyclic) bond motifs is 1. The number of aromatic nitrogens is 1. The number of carboxylic acid groups (broad SMARTS) is 1. The van der Waals surface area contributed by atoms with Gasteiger partial charge in [0, 0.05) is 11.6 Å². The fourth-order valence-electron chi connectivity index (χ4n) is 2.94. The van der Waals surface area contributed by atoms with Crippen molar-refractivity contribution in [1.82, 2.24) is 4.98 Å². The molecule has 18 heavy (non-hydrogen) atoms. The number of aromatic carboxylic acids is 1. The van der Waals surface area contributed by atoms with Crippen LogP contribution in [0.2, 0.25) is 0 Å². The number of carboxylic acids is 1. The smallest absolute Gasteiger partial charge is 0.337 e. The molecule has 0 bridgehead atoms. The molecule has 2 aliphatic rings. The third kappa shape index (κ3) is 2.02. The molecule has 0 radical (unpaired) electrons. The van der Waals surface area contributed by atoms with Gasteiger partial charge in [0.1, 0.15) is 0 Å². The molecule has 1 aromatic rings. The second-order valence-electron chi connectivity index (χ2n) is 5.62. The third-order valence-corrected chi connectivity index (χ3v) is 4.29. The first kappa shape index (κ1) is 11.7. The zero-order valence-electron chi connectivity index (χ0n) is 10.8. The number of aryl methyl sites for hydroxylation is 1. The van der Waals surface area contributed by atoms with E-state index in [2.05, 4.69) is 11.9 Å². The van der Waals surface area contributed by atoms with Crippen LogP contribution in [0.25, 0.3) is 0 Å². The maximum absolute atomic E-state index is 11.4. The van der Waals surface area contributed by atoms with Gasteiger partial charge in [-0.3, -0.25) is 4.98 Å². The van der Waals surface area contributed by atoms with Crippen molar-refractivity contribution < 1.29 is 9.90 Å². The number of pyridine rings is 1. The molecule has 1 saturated carbocycles. The molecule has 0 aliphatic heterocycles. The van der Waals surface area contributed by atoms with E-state index in [-0.39, 0.29) is 0 Å². The van der Waals surface area contributed by atoms with Crippen molar-refractivity contribution in [3.8, 4) is 0 Å². The fraction of sp³-hybridized carbons (Fsp3) is 0.600. The Balaban J connectivity index is 2.01. The highest BCUT2D eigenvalue weighted by molar-refractivity contribution is 5.89. The first-order valence-corrected chi connectivity index (χ1v) is 6.95. The van der Waals surface area contributed by atoms with Crippen molar-refractivity contribution in [3.63, 3.8) is 0 Å². The van der Waals surface area contributed by atoms with Crippen molar-refractivity contribution in [2.24, 2.45) is 5.92 Å².